The maximum atomic E-state index is 13.7. The van der Waals surface area contributed by atoms with Crippen LogP contribution in [0.1, 0.15) is 18.4 Å². The molecule has 1 fully saturated rings. The summed E-state index contributed by atoms with van der Waals surface area (Å²) in [5, 5.41) is 4.07. The van der Waals surface area contributed by atoms with E-state index in [2.05, 4.69) is 5.32 Å². The first-order chi connectivity index (χ1) is 10.2. The van der Waals surface area contributed by atoms with Crippen LogP contribution in [0.15, 0.2) is 36.4 Å². The van der Waals surface area contributed by atoms with E-state index in [9.17, 15) is 4.39 Å². The zero-order valence-electron chi connectivity index (χ0n) is 11.8. The summed E-state index contributed by atoms with van der Waals surface area (Å²) < 4.78 is 19.1. The Bertz CT molecular complexity index is 655. The van der Waals surface area contributed by atoms with Crippen molar-refractivity contribution in [2.75, 3.05) is 7.11 Å². The number of nitrogens with one attached hydrogen (secondary N) is 1. The van der Waals surface area contributed by atoms with E-state index < -0.39 is 0 Å². The van der Waals surface area contributed by atoms with Crippen LogP contribution < -0.4 is 10.1 Å². The van der Waals surface area contributed by atoms with Crippen LogP contribution in [-0.4, -0.2) is 13.2 Å². The van der Waals surface area contributed by atoms with E-state index in [1.165, 1.54) is 25.0 Å². The Kier molecular flexibility index (Phi) is 4.13. The smallest absolute Gasteiger partial charge is 0.126 e. The molecule has 1 aliphatic carbocycles. The normalized spacial score (nSPS) is 14.2. The number of hydrogen-bond acceptors (Lipinski definition) is 2. The highest BCUT2D eigenvalue weighted by Crippen LogP contribution is 2.35. The van der Waals surface area contributed by atoms with Gasteiger partial charge in [-0.3, -0.25) is 0 Å². The zero-order chi connectivity index (χ0) is 14.8. The Labute approximate surface area is 128 Å². The minimum Gasteiger partial charge on any atom is -0.496 e. The molecule has 0 unspecified atom stereocenters. The lowest BCUT2D eigenvalue weighted by Crippen LogP contribution is -2.16. The van der Waals surface area contributed by atoms with Crippen LogP contribution in [0.25, 0.3) is 11.1 Å². The van der Waals surface area contributed by atoms with Crippen molar-refractivity contribution in [3.63, 3.8) is 0 Å². The molecule has 0 spiro atoms. The second kappa shape index (κ2) is 6.04. The predicted molar refractivity (Wildman–Crippen MR) is 83.3 cm³/mol. The Balaban J connectivity index is 2.02. The summed E-state index contributed by atoms with van der Waals surface area (Å²) in [6, 6.07) is 10.8. The van der Waals surface area contributed by atoms with Gasteiger partial charge in [0.15, 0.2) is 0 Å². The number of benzene rings is 2. The second-order valence-corrected chi connectivity index (χ2v) is 5.74. The second-order valence-electron chi connectivity index (χ2n) is 5.30. The van der Waals surface area contributed by atoms with Gasteiger partial charge in [-0.15, -0.1) is 0 Å². The third kappa shape index (κ3) is 3.36. The van der Waals surface area contributed by atoms with Crippen molar-refractivity contribution in [3.8, 4) is 16.9 Å². The number of hydrogen-bond donors (Lipinski definition) is 1. The monoisotopic (exact) mass is 305 g/mol. The van der Waals surface area contributed by atoms with E-state index in [0.29, 0.717) is 16.8 Å². The lowest BCUT2D eigenvalue weighted by atomic mass is 9.98. The summed E-state index contributed by atoms with van der Waals surface area (Å²) in [7, 11) is 1.61. The number of methoxy groups -OCH3 is 1. The van der Waals surface area contributed by atoms with Crippen LogP contribution in [0.5, 0.6) is 5.75 Å². The topological polar surface area (TPSA) is 21.3 Å². The van der Waals surface area contributed by atoms with Gasteiger partial charge >= 0.3 is 0 Å². The molecule has 2 nitrogen and oxygen atoms in total. The van der Waals surface area contributed by atoms with Crippen molar-refractivity contribution in [3.05, 3.63) is 52.8 Å². The molecule has 110 valence electrons. The first-order valence-corrected chi connectivity index (χ1v) is 7.41. The molecular weight excluding hydrogens is 289 g/mol. The fourth-order valence-electron chi connectivity index (χ4n) is 2.39. The molecule has 0 amide bonds. The van der Waals surface area contributed by atoms with Crippen LogP contribution in [0.4, 0.5) is 4.39 Å². The van der Waals surface area contributed by atoms with Crippen LogP contribution in [0.2, 0.25) is 5.02 Å². The maximum Gasteiger partial charge on any atom is 0.126 e. The minimum atomic E-state index is -0.262. The molecule has 4 heteroatoms. The third-order valence-corrected chi connectivity index (χ3v) is 3.92. The molecule has 0 heterocycles. The molecule has 2 aromatic rings. The van der Waals surface area contributed by atoms with E-state index in [-0.39, 0.29) is 5.82 Å². The third-order valence-electron chi connectivity index (χ3n) is 3.68. The molecule has 0 aromatic heterocycles. The van der Waals surface area contributed by atoms with Crippen molar-refractivity contribution >= 4 is 11.6 Å². The highest BCUT2D eigenvalue weighted by atomic mass is 35.5. The molecule has 0 bridgehead atoms. The summed E-state index contributed by atoms with van der Waals surface area (Å²) in [6.45, 7) is 0.718. The van der Waals surface area contributed by atoms with Gasteiger partial charge in [-0.1, -0.05) is 17.7 Å². The molecule has 0 radical (unpaired) electrons. The van der Waals surface area contributed by atoms with Gasteiger partial charge in [0.2, 0.25) is 0 Å². The SMILES string of the molecule is COc1ccc(Cl)cc1-c1cc(F)ccc1CNC1CC1. The van der Waals surface area contributed by atoms with E-state index in [0.717, 1.165) is 23.2 Å². The maximum absolute atomic E-state index is 13.7. The molecule has 1 saturated carbocycles. The summed E-state index contributed by atoms with van der Waals surface area (Å²) in [4.78, 5) is 0. The lowest BCUT2D eigenvalue weighted by Gasteiger charge is -2.14. The van der Waals surface area contributed by atoms with Crippen molar-refractivity contribution < 1.29 is 9.13 Å². The Morgan fingerprint density at radius 3 is 2.71 bits per heavy atom. The van der Waals surface area contributed by atoms with Gasteiger partial charge in [-0.2, -0.15) is 0 Å². The molecule has 2 aromatic carbocycles. The van der Waals surface area contributed by atoms with Crippen molar-refractivity contribution in [1.29, 1.82) is 0 Å². The van der Waals surface area contributed by atoms with E-state index in [4.69, 9.17) is 16.3 Å². The van der Waals surface area contributed by atoms with E-state index >= 15 is 0 Å². The lowest BCUT2D eigenvalue weighted by molar-refractivity contribution is 0.416. The molecule has 0 aliphatic heterocycles. The Morgan fingerprint density at radius 2 is 2.00 bits per heavy atom. The summed E-state index contributed by atoms with van der Waals surface area (Å²) in [5.74, 6) is 0.430. The van der Waals surface area contributed by atoms with Crippen LogP contribution in [0, 0.1) is 5.82 Å². The first kappa shape index (κ1) is 14.4. The van der Waals surface area contributed by atoms with Crippen molar-refractivity contribution in [1.82, 2.24) is 5.32 Å². The van der Waals surface area contributed by atoms with Gasteiger partial charge in [-0.25, -0.2) is 4.39 Å². The average Bonchev–Trinajstić information content (AvgIpc) is 3.30. The number of rotatable bonds is 5. The van der Waals surface area contributed by atoms with Crippen LogP contribution in [-0.2, 0) is 6.54 Å². The van der Waals surface area contributed by atoms with Gasteiger partial charge < -0.3 is 10.1 Å². The molecule has 0 saturated heterocycles. The molecule has 21 heavy (non-hydrogen) atoms. The summed E-state index contributed by atoms with van der Waals surface area (Å²) in [6.07, 6.45) is 2.44. The van der Waals surface area contributed by atoms with Crippen LogP contribution in [0.3, 0.4) is 0 Å². The summed E-state index contributed by atoms with van der Waals surface area (Å²) in [5.41, 5.74) is 2.68. The Hall–Kier alpha value is -1.58. The largest absolute Gasteiger partial charge is 0.496 e. The van der Waals surface area contributed by atoms with Crippen LogP contribution >= 0.6 is 11.6 Å². The molecule has 3 rings (SSSR count). The fourth-order valence-corrected chi connectivity index (χ4v) is 2.56. The van der Waals surface area contributed by atoms with Crippen molar-refractivity contribution in [2.24, 2.45) is 0 Å². The molecule has 1 N–H and O–H groups in total. The van der Waals surface area contributed by atoms with E-state index in [1.54, 1.807) is 19.2 Å². The number of ether oxygens (including phenoxy) is 1. The van der Waals surface area contributed by atoms with Gasteiger partial charge in [0.25, 0.3) is 0 Å². The molecule has 0 atom stereocenters. The van der Waals surface area contributed by atoms with Gasteiger partial charge in [0, 0.05) is 23.2 Å². The number of halogens is 2. The summed E-state index contributed by atoms with van der Waals surface area (Å²) >= 11 is 6.09. The fraction of sp³-hybridized carbons (Fsp3) is 0.294. The first-order valence-electron chi connectivity index (χ1n) is 7.03. The van der Waals surface area contributed by atoms with Crippen molar-refractivity contribution in [2.45, 2.75) is 25.4 Å². The molecular formula is C17H17ClFNO. The van der Waals surface area contributed by atoms with Gasteiger partial charge in [0.05, 0.1) is 7.11 Å². The average molecular weight is 306 g/mol. The highest BCUT2D eigenvalue weighted by Gasteiger charge is 2.21. The van der Waals surface area contributed by atoms with Gasteiger partial charge in [-0.05, 0) is 54.3 Å². The highest BCUT2D eigenvalue weighted by molar-refractivity contribution is 6.31. The molecule has 1 aliphatic rings. The Morgan fingerprint density at radius 1 is 1.19 bits per heavy atom. The van der Waals surface area contributed by atoms with Gasteiger partial charge in [0.1, 0.15) is 11.6 Å². The van der Waals surface area contributed by atoms with E-state index in [1.807, 2.05) is 12.1 Å². The quantitative estimate of drug-likeness (QED) is 0.883. The standard InChI is InChI=1S/C17H17ClFNO/c1-21-17-7-3-12(18)8-16(17)15-9-13(19)4-2-11(15)10-20-14-5-6-14/h2-4,7-9,14,20H,5-6,10H2,1H3. The zero-order valence-corrected chi connectivity index (χ0v) is 12.6. The predicted octanol–water partition coefficient (Wildman–Crippen LogP) is 4.41. The minimum absolute atomic E-state index is 0.262.